The van der Waals surface area contributed by atoms with Crippen molar-refractivity contribution in [2.45, 2.75) is 46.0 Å². The lowest BCUT2D eigenvalue weighted by Crippen LogP contribution is -2.07. The Morgan fingerprint density at radius 3 is 2.71 bits per heavy atom. The summed E-state index contributed by atoms with van der Waals surface area (Å²) in [6.07, 6.45) is 4.37. The lowest BCUT2D eigenvalue weighted by atomic mass is 9.92. The zero-order chi connectivity index (χ0) is 10.6. The number of nitriles is 1. The number of ketones is 1. The van der Waals surface area contributed by atoms with Gasteiger partial charge in [-0.3, -0.25) is 4.79 Å². The molecule has 2 unspecified atom stereocenters. The molecule has 0 bridgehead atoms. The first-order valence-corrected chi connectivity index (χ1v) is 5.52. The Labute approximate surface area is 86.3 Å². The summed E-state index contributed by atoms with van der Waals surface area (Å²) >= 11 is 0. The number of hydrogen-bond acceptors (Lipinski definition) is 2. The lowest BCUT2D eigenvalue weighted by molar-refractivity contribution is -0.119. The second-order valence-electron chi connectivity index (χ2n) is 4.76. The van der Waals surface area contributed by atoms with E-state index in [0.717, 1.165) is 11.8 Å². The Hall–Kier alpha value is -0.840. The number of carbonyl (C=O) groups is 1. The molecule has 2 nitrogen and oxygen atoms in total. The molecular weight excluding hydrogens is 174 g/mol. The predicted molar refractivity (Wildman–Crippen MR) is 55.5 cm³/mol. The molecule has 14 heavy (non-hydrogen) atoms. The summed E-state index contributed by atoms with van der Waals surface area (Å²) in [5.74, 6) is 2.23. The predicted octanol–water partition coefficient (Wildman–Crippen LogP) is 2.93. The minimum Gasteiger partial charge on any atom is -0.299 e. The van der Waals surface area contributed by atoms with E-state index in [0.29, 0.717) is 12.3 Å². The molecule has 2 atom stereocenters. The summed E-state index contributed by atoms with van der Waals surface area (Å²) in [5.41, 5.74) is 0. The van der Waals surface area contributed by atoms with Crippen molar-refractivity contribution in [2.75, 3.05) is 0 Å². The van der Waals surface area contributed by atoms with E-state index in [9.17, 15) is 4.79 Å². The van der Waals surface area contributed by atoms with Crippen molar-refractivity contribution >= 4 is 5.78 Å². The number of hydrogen-bond donors (Lipinski definition) is 0. The van der Waals surface area contributed by atoms with Crippen LogP contribution in [0.4, 0.5) is 0 Å². The molecule has 1 fully saturated rings. The zero-order valence-corrected chi connectivity index (χ0v) is 9.12. The van der Waals surface area contributed by atoms with Gasteiger partial charge in [0.2, 0.25) is 0 Å². The van der Waals surface area contributed by atoms with Gasteiger partial charge < -0.3 is 0 Å². The van der Waals surface area contributed by atoms with Crippen LogP contribution in [0.2, 0.25) is 0 Å². The molecular formula is C12H19NO. The molecule has 1 aliphatic carbocycles. The maximum absolute atomic E-state index is 11.3. The fourth-order valence-corrected chi connectivity index (χ4v) is 2.39. The van der Waals surface area contributed by atoms with E-state index in [1.54, 1.807) is 0 Å². The maximum atomic E-state index is 11.3. The van der Waals surface area contributed by atoms with E-state index >= 15 is 0 Å². The van der Waals surface area contributed by atoms with E-state index < -0.39 is 0 Å². The standard InChI is InChI=1S/C12H19NO/c1-9(2)11-4-3-10(7-11)8-12(14)5-6-13/h9-11H,3-5,7-8H2,1-2H3. The van der Waals surface area contributed by atoms with E-state index in [4.69, 9.17) is 5.26 Å². The van der Waals surface area contributed by atoms with Gasteiger partial charge in [-0.2, -0.15) is 5.26 Å². The molecule has 78 valence electrons. The van der Waals surface area contributed by atoms with Gasteiger partial charge in [-0.1, -0.05) is 13.8 Å². The van der Waals surface area contributed by atoms with Crippen LogP contribution in [0.3, 0.4) is 0 Å². The molecule has 0 aromatic carbocycles. The van der Waals surface area contributed by atoms with Crippen molar-refractivity contribution in [2.24, 2.45) is 17.8 Å². The average Bonchev–Trinajstić information content (AvgIpc) is 2.53. The number of Topliss-reactive ketones (excluding diaryl/α,β-unsaturated/α-hetero) is 1. The Bertz CT molecular complexity index is 239. The van der Waals surface area contributed by atoms with E-state index in [2.05, 4.69) is 13.8 Å². The molecule has 0 heterocycles. The zero-order valence-electron chi connectivity index (χ0n) is 9.12. The normalized spacial score (nSPS) is 26.4. The molecule has 1 aliphatic rings. The van der Waals surface area contributed by atoms with Crippen LogP contribution >= 0.6 is 0 Å². The van der Waals surface area contributed by atoms with Gasteiger partial charge in [0.05, 0.1) is 12.5 Å². The minimum atomic E-state index is 0.100. The van der Waals surface area contributed by atoms with Crippen molar-refractivity contribution in [3.05, 3.63) is 0 Å². The molecule has 1 rings (SSSR count). The Kier molecular flexibility index (Phi) is 4.13. The highest BCUT2D eigenvalue weighted by molar-refractivity contribution is 5.80. The van der Waals surface area contributed by atoms with Gasteiger partial charge in [0.1, 0.15) is 5.78 Å². The lowest BCUT2D eigenvalue weighted by Gasteiger charge is -2.13. The summed E-state index contributed by atoms with van der Waals surface area (Å²) in [6.45, 7) is 4.51. The fourth-order valence-electron chi connectivity index (χ4n) is 2.39. The molecule has 0 aromatic heterocycles. The first-order chi connectivity index (χ1) is 6.63. The Balaban J connectivity index is 2.29. The van der Waals surface area contributed by atoms with Crippen molar-refractivity contribution in [3.8, 4) is 6.07 Å². The second-order valence-corrected chi connectivity index (χ2v) is 4.76. The first-order valence-electron chi connectivity index (χ1n) is 5.52. The summed E-state index contributed by atoms with van der Waals surface area (Å²) in [6, 6.07) is 1.93. The third-order valence-corrected chi connectivity index (χ3v) is 3.32. The molecule has 0 amide bonds. The Morgan fingerprint density at radius 1 is 1.50 bits per heavy atom. The topological polar surface area (TPSA) is 40.9 Å². The second kappa shape index (κ2) is 5.14. The van der Waals surface area contributed by atoms with Crippen LogP contribution in [0, 0.1) is 29.1 Å². The molecule has 0 spiro atoms. The van der Waals surface area contributed by atoms with Gasteiger partial charge in [0.25, 0.3) is 0 Å². The summed E-state index contributed by atoms with van der Waals surface area (Å²) in [7, 11) is 0. The van der Waals surface area contributed by atoms with Crippen molar-refractivity contribution in [3.63, 3.8) is 0 Å². The van der Waals surface area contributed by atoms with Crippen LogP contribution in [0.15, 0.2) is 0 Å². The summed E-state index contributed by atoms with van der Waals surface area (Å²) in [4.78, 5) is 11.3. The third kappa shape index (κ3) is 3.14. The van der Waals surface area contributed by atoms with Gasteiger partial charge in [0, 0.05) is 6.42 Å². The highest BCUT2D eigenvalue weighted by Crippen LogP contribution is 2.37. The van der Waals surface area contributed by atoms with Crippen LogP contribution in [0.5, 0.6) is 0 Å². The molecule has 0 aromatic rings. The molecule has 0 saturated heterocycles. The number of rotatable bonds is 4. The van der Waals surface area contributed by atoms with Crippen LogP contribution in [-0.2, 0) is 4.79 Å². The Morgan fingerprint density at radius 2 is 2.21 bits per heavy atom. The van der Waals surface area contributed by atoms with Gasteiger partial charge in [-0.05, 0) is 37.0 Å². The van der Waals surface area contributed by atoms with Crippen molar-refractivity contribution in [1.82, 2.24) is 0 Å². The number of carbonyl (C=O) groups excluding carboxylic acids is 1. The SMILES string of the molecule is CC(C)C1CCC(CC(=O)CC#N)C1. The first kappa shape index (κ1) is 11.2. The van der Waals surface area contributed by atoms with Crippen molar-refractivity contribution < 1.29 is 4.79 Å². The molecule has 1 saturated carbocycles. The molecule has 0 radical (unpaired) electrons. The monoisotopic (exact) mass is 193 g/mol. The fraction of sp³-hybridized carbons (Fsp3) is 0.833. The van der Waals surface area contributed by atoms with E-state index in [-0.39, 0.29) is 12.2 Å². The summed E-state index contributed by atoms with van der Waals surface area (Å²) < 4.78 is 0. The van der Waals surface area contributed by atoms with E-state index in [1.165, 1.54) is 19.3 Å². The van der Waals surface area contributed by atoms with Gasteiger partial charge in [0.15, 0.2) is 0 Å². The molecule has 0 N–H and O–H groups in total. The van der Waals surface area contributed by atoms with Gasteiger partial charge in [-0.25, -0.2) is 0 Å². The van der Waals surface area contributed by atoms with Crippen LogP contribution in [-0.4, -0.2) is 5.78 Å². The third-order valence-electron chi connectivity index (χ3n) is 3.32. The summed E-state index contributed by atoms with van der Waals surface area (Å²) in [5, 5.41) is 8.38. The number of nitrogens with zero attached hydrogens (tertiary/aromatic N) is 1. The smallest absolute Gasteiger partial charge is 0.147 e. The van der Waals surface area contributed by atoms with Crippen LogP contribution in [0.1, 0.15) is 46.0 Å². The van der Waals surface area contributed by atoms with Gasteiger partial charge in [-0.15, -0.1) is 0 Å². The largest absolute Gasteiger partial charge is 0.299 e. The van der Waals surface area contributed by atoms with E-state index in [1.807, 2.05) is 6.07 Å². The molecule has 2 heteroatoms. The highest BCUT2D eigenvalue weighted by Gasteiger charge is 2.27. The maximum Gasteiger partial charge on any atom is 0.147 e. The average molecular weight is 193 g/mol. The highest BCUT2D eigenvalue weighted by atomic mass is 16.1. The van der Waals surface area contributed by atoms with Crippen molar-refractivity contribution in [1.29, 1.82) is 5.26 Å². The van der Waals surface area contributed by atoms with Crippen LogP contribution < -0.4 is 0 Å². The molecule has 0 aliphatic heterocycles. The van der Waals surface area contributed by atoms with Gasteiger partial charge >= 0.3 is 0 Å². The quantitative estimate of drug-likeness (QED) is 0.688. The minimum absolute atomic E-state index is 0.100. The van der Waals surface area contributed by atoms with Crippen LogP contribution in [0.25, 0.3) is 0 Å².